The summed E-state index contributed by atoms with van der Waals surface area (Å²) in [6, 6.07) is 0. The van der Waals surface area contributed by atoms with E-state index in [1.165, 1.54) is 4.31 Å². The molecule has 0 amide bonds. The van der Waals surface area contributed by atoms with E-state index in [-0.39, 0.29) is 0 Å². The maximum Gasteiger partial charge on any atom is 0.281 e. The van der Waals surface area contributed by atoms with Crippen molar-refractivity contribution < 1.29 is 17.7 Å². The topological polar surface area (TPSA) is 88.8 Å². The lowest BCUT2D eigenvalue weighted by Crippen LogP contribution is -2.44. The molecule has 2 saturated heterocycles. The Hall–Kier alpha value is -1.03. The minimum atomic E-state index is -3.28. The van der Waals surface area contributed by atoms with Crippen LogP contribution < -0.4 is 0 Å². The number of nitrogens with zero attached hydrogens (tertiary/aromatic N) is 4. The zero-order valence-electron chi connectivity index (χ0n) is 15.1. The minimum Gasteiger partial charge on any atom is -0.381 e. The standard InChI is InChI=1S/C16H28N4O4S/c1-19(2)25(21,22)20-9-5-13(6-10-20)3-4-15-17-16(18-24-15)14-7-11-23-12-8-14/h13-14H,3-12H2,1-2H3. The summed E-state index contributed by atoms with van der Waals surface area (Å²) in [4.78, 5) is 4.55. The highest BCUT2D eigenvalue weighted by atomic mass is 32.2. The lowest BCUT2D eigenvalue weighted by molar-refractivity contribution is 0.0830. The number of hydrogen-bond acceptors (Lipinski definition) is 6. The quantitative estimate of drug-likeness (QED) is 0.750. The van der Waals surface area contributed by atoms with Crippen molar-refractivity contribution in [3.8, 4) is 0 Å². The lowest BCUT2D eigenvalue weighted by Gasteiger charge is -2.32. The first-order valence-electron chi connectivity index (χ1n) is 9.04. The van der Waals surface area contributed by atoms with Crippen LogP contribution in [0.4, 0.5) is 0 Å². The normalized spacial score (nSPS) is 21.9. The molecule has 3 heterocycles. The van der Waals surface area contributed by atoms with Gasteiger partial charge in [0.15, 0.2) is 5.82 Å². The van der Waals surface area contributed by atoms with Crippen molar-refractivity contribution in [3.63, 3.8) is 0 Å². The smallest absolute Gasteiger partial charge is 0.281 e. The van der Waals surface area contributed by atoms with E-state index in [0.29, 0.717) is 30.8 Å². The highest BCUT2D eigenvalue weighted by molar-refractivity contribution is 7.86. The first-order valence-corrected chi connectivity index (χ1v) is 10.4. The summed E-state index contributed by atoms with van der Waals surface area (Å²) >= 11 is 0. The summed E-state index contributed by atoms with van der Waals surface area (Å²) in [7, 11) is -0.131. The van der Waals surface area contributed by atoms with Crippen LogP contribution in [0.3, 0.4) is 0 Å². The van der Waals surface area contributed by atoms with Crippen LogP contribution in [0.15, 0.2) is 4.52 Å². The molecule has 1 aromatic rings. The van der Waals surface area contributed by atoms with E-state index in [1.54, 1.807) is 18.4 Å². The fourth-order valence-electron chi connectivity index (χ4n) is 3.48. The molecule has 0 atom stereocenters. The Kier molecular flexibility index (Phi) is 6.08. The second-order valence-electron chi connectivity index (χ2n) is 7.10. The van der Waals surface area contributed by atoms with Gasteiger partial charge in [0, 0.05) is 52.7 Å². The number of ether oxygens (including phenoxy) is 1. The van der Waals surface area contributed by atoms with Gasteiger partial charge in [-0.1, -0.05) is 5.16 Å². The van der Waals surface area contributed by atoms with Crippen LogP contribution in [0.25, 0.3) is 0 Å². The Bertz CT molecular complexity index is 647. The maximum atomic E-state index is 12.1. The van der Waals surface area contributed by atoms with Gasteiger partial charge in [-0.3, -0.25) is 0 Å². The van der Waals surface area contributed by atoms with E-state index in [0.717, 1.165) is 57.6 Å². The van der Waals surface area contributed by atoms with Crippen molar-refractivity contribution in [2.45, 2.75) is 44.4 Å². The van der Waals surface area contributed by atoms with Gasteiger partial charge in [-0.05, 0) is 38.0 Å². The third-order valence-electron chi connectivity index (χ3n) is 5.20. The fourth-order valence-corrected chi connectivity index (χ4v) is 4.61. The van der Waals surface area contributed by atoms with Crippen molar-refractivity contribution >= 4 is 10.2 Å². The van der Waals surface area contributed by atoms with E-state index >= 15 is 0 Å². The number of piperidine rings is 1. The molecule has 2 aliphatic heterocycles. The van der Waals surface area contributed by atoms with Gasteiger partial charge in [0.25, 0.3) is 10.2 Å². The molecule has 0 unspecified atom stereocenters. The molecule has 1 aromatic heterocycles. The van der Waals surface area contributed by atoms with Crippen LogP contribution in [0, 0.1) is 5.92 Å². The van der Waals surface area contributed by atoms with Crippen LogP contribution >= 0.6 is 0 Å². The van der Waals surface area contributed by atoms with Crippen LogP contribution in [-0.4, -0.2) is 67.6 Å². The van der Waals surface area contributed by atoms with E-state index in [9.17, 15) is 8.42 Å². The molecule has 0 spiro atoms. The molecule has 8 nitrogen and oxygen atoms in total. The number of aromatic nitrogens is 2. The molecule has 2 aliphatic rings. The number of rotatable bonds is 6. The Morgan fingerprint density at radius 2 is 1.84 bits per heavy atom. The predicted octanol–water partition coefficient (Wildman–Crippen LogP) is 1.41. The van der Waals surface area contributed by atoms with Crippen LogP contribution in [0.5, 0.6) is 0 Å². The molecule has 0 N–H and O–H groups in total. The van der Waals surface area contributed by atoms with Crippen molar-refractivity contribution in [3.05, 3.63) is 11.7 Å². The van der Waals surface area contributed by atoms with Crippen LogP contribution in [0.2, 0.25) is 0 Å². The summed E-state index contributed by atoms with van der Waals surface area (Å²) in [5.41, 5.74) is 0. The van der Waals surface area contributed by atoms with Crippen molar-refractivity contribution in [1.82, 2.24) is 18.8 Å². The summed E-state index contributed by atoms with van der Waals surface area (Å²) in [6.07, 6.45) is 5.41. The molecule has 25 heavy (non-hydrogen) atoms. The molecular formula is C16H28N4O4S. The second-order valence-corrected chi connectivity index (χ2v) is 9.25. The first-order chi connectivity index (χ1) is 12.0. The van der Waals surface area contributed by atoms with Gasteiger partial charge in [-0.2, -0.15) is 22.0 Å². The predicted molar refractivity (Wildman–Crippen MR) is 92.3 cm³/mol. The molecule has 0 bridgehead atoms. The van der Waals surface area contributed by atoms with E-state index in [4.69, 9.17) is 9.26 Å². The Labute approximate surface area is 149 Å². The van der Waals surface area contributed by atoms with Crippen LogP contribution in [0.1, 0.15) is 49.7 Å². The third-order valence-corrected chi connectivity index (χ3v) is 7.14. The van der Waals surface area contributed by atoms with Crippen molar-refractivity contribution in [2.75, 3.05) is 40.4 Å². The highest BCUT2D eigenvalue weighted by Crippen LogP contribution is 2.26. The zero-order valence-corrected chi connectivity index (χ0v) is 15.9. The highest BCUT2D eigenvalue weighted by Gasteiger charge is 2.29. The Morgan fingerprint density at radius 3 is 2.48 bits per heavy atom. The third kappa shape index (κ3) is 4.58. The molecule has 0 radical (unpaired) electrons. The molecule has 0 aromatic carbocycles. The SMILES string of the molecule is CN(C)S(=O)(=O)N1CCC(CCc2nc(C3CCOCC3)no2)CC1. The second kappa shape index (κ2) is 8.11. The monoisotopic (exact) mass is 372 g/mol. The van der Waals surface area contributed by atoms with E-state index < -0.39 is 10.2 Å². The molecule has 9 heteroatoms. The Balaban J connectivity index is 1.45. The molecule has 0 saturated carbocycles. The Morgan fingerprint density at radius 1 is 1.16 bits per heavy atom. The summed E-state index contributed by atoms with van der Waals surface area (Å²) in [6.45, 7) is 2.70. The van der Waals surface area contributed by atoms with Gasteiger partial charge in [0.1, 0.15) is 0 Å². The average Bonchev–Trinajstić information content (AvgIpc) is 3.10. The van der Waals surface area contributed by atoms with Crippen molar-refractivity contribution in [2.24, 2.45) is 5.92 Å². The zero-order chi connectivity index (χ0) is 17.9. The van der Waals surface area contributed by atoms with Crippen molar-refractivity contribution in [1.29, 1.82) is 0 Å². The molecule has 0 aliphatic carbocycles. The van der Waals surface area contributed by atoms with Gasteiger partial charge in [0.05, 0.1) is 0 Å². The minimum absolute atomic E-state index is 0.353. The van der Waals surface area contributed by atoms with Gasteiger partial charge >= 0.3 is 0 Å². The number of aryl methyl sites for hydroxylation is 1. The molecule has 2 fully saturated rings. The van der Waals surface area contributed by atoms with E-state index in [1.807, 2.05) is 0 Å². The first kappa shape index (κ1) is 18.8. The number of hydrogen-bond donors (Lipinski definition) is 0. The maximum absolute atomic E-state index is 12.1. The molecule has 142 valence electrons. The largest absolute Gasteiger partial charge is 0.381 e. The molecule has 3 rings (SSSR count). The summed E-state index contributed by atoms with van der Waals surface area (Å²) in [5.74, 6) is 2.37. The van der Waals surface area contributed by atoms with Gasteiger partial charge < -0.3 is 9.26 Å². The van der Waals surface area contributed by atoms with Gasteiger partial charge in [-0.15, -0.1) is 0 Å². The van der Waals surface area contributed by atoms with Crippen LogP contribution in [-0.2, 0) is 21.4 Å². The average molecular weight is 372 g/mol. The van der Waals surface area contributed by atoms with Gasteiger partial charge in [0.2, 0.25) is 5.89 Å². The van der Waals surface area contributed by atoms with Gasteiger partial charge in [-0.25, -0.2) is 0 Å². The lowest BCUT2D eigenvalue weighted by atomic mass is 9.93. The molecular weight excluding hydrogens is 344 g/mol. The van der Waals surface area contributed by atoms with E-state index in [2.05, 4.69) is 10.1 Å². The fraction of sp³-hybridized carbons (Fsp3) is 0.875. The summed E-state index contributed by atoms with van der Waals surface area (Å²) in [5, 5.41) is 4.13. The summed E-state index contributed by atoms with van der Waals surface area (Å²) < 4.78 is 37.9.